The Bertz CT molecular complexity index is 1090. The fourth-order valence-corrected chi connectivity index (χ4v) is 3.89. The monoisotopic (exact) mass is 466 g/mol. The van der Waals surface area contributed by atoms with Gasteiger partial charge in [0, 0.05) is 16.3 Å². The van der Waals surface area contributed by atoms with Crippen LogP contribution in [0.25, 0.3) is 0 Å². The first kappa shape index (κ1) is 24.3. The van der Waals surface area contributed by atoms with Crippen molar-refractivity contribution in [3.63, 3.8) is 0 Å². The molecule has 7 heteroatoms. The second kappa shape index (κ2) is 12.1. The van der Waals surface area contributed by atoms with Crippen molar-refractivity contribution in [2.45, 2.75) is 36.8 Å². The molecule has 0 spiro atoms. The van der Waals surface area contributed by atoms with E-state index in [0.29, 0.717) is 18.0 Å². The lowest BCUT2D eigenvalue weighted by Gasteiger charge is -2.13. The summed E-state index contributed by atoms with van der Waals surface area (Å²) in [5.41, 5.74) is 1.20. The lowest BCUT2D eigenvalue weighted by molar-refractivity contribution is -0.115. The second-order valence-electron chi connectivity index (χ2n) is 7.44. The second-order valence-corrected chi connectivity index (χ2v) is 8.85. The van der Waals surface area contributed by atoms with Crippen LogP contribution < -0.4 is 15.4 Å². The van der Waals surface area contributed by atoms with Crippen LogP contribution in [0, 0.1) is 5.82 Å². The Labute approximate surface area is 197 Å². The number of thioether (sulfide) groups is 1. The molecule has 33 heavy (non-hydrogen) atoms. The number of amides is 2. The number of halogens is 1. The molecule has 0 saturated heterocycles. The molecule has 3 aromatic rings. The standard InChI is InChI=1S/C26H27FN2O3S/c1-3-4-16-32-21-14-12-19(13-15-21)28-25(30)18(2)33-22-9-7-8-20(17-22)29-26(31)23-10-5-6-11-24(23)27/h5-15,17-18H,3-4,16H2,1-2H3,(H,28,30)(H,29,31). The van der Waals surface area contributed by atoms with Gasteiger partial charge in [0.2, 0.25) is 5.91 Å². The highest BCUT2D eigenvalue weighted by atomic mass is 32.2. The van der Waals surface area contributed by atoms with Gasteiger partial charge in [0.05, 0.1) is 17.4 Å². The maximum absolute atomic E-state index is 13.8. The van der Waals surface area contributed by atoms with Crippen molar-refractivity contribution in [1.82, 2.24) is 0 Å². The van der Waals surface area contributed by atoms with Crippen molar-refractivity contribution in [3.8, 4) is 5.75 Å². The Balaban J connectivity index is 1.55. The van der Waals surface area contributed by atoms with Crippen LogP contribution in [0.4, 0.5) is 15.8 Å². The molecule has 3 rings (SSSR count). The van der Waals surface area contributed by atoms with Crippen LogP contribution in [-0.2, 0) is 4.79 Å². The number of hydrogen-bond donors (Lipinski definition) is 2. The number of ether oxygens (including phenoxy) is 1. The van der Waals surface area contributed by atoms with E-state index in [0.717, 1.165) is 23.5 Å². The molecule has 2 N–H and O–H groups in total. The first-order chi connectivity index (χ1) is 16.0. The summed E-state index contributed by atoms with van der Waals surface area (Å²) in [7, 11) is 0. The number of carbonyl (C=O) groups excluding carboxylic acids is 2. The molecule has 172 valence electrons. The molecule has 2 amide bonds. The normalized spacial score (nSPS) is 11.5. The van der Waals surface area contributed by atoms with Crippen molar-refractivity contribution >= 4 is 35.0 Å². The molecule has 0 radical (unpaired) electrons. The molecular formula is C26H27FN2O3S. The molecule has 0 aromatic heterocycles. The topological polar surface area (TPSA) is 67.4 Å². The zero-order chi connectivity index (χ0) is 23.6. The van der Waals surface area contributed by atoms with Gasteiger partial charge in [-0.25, -0.2) is 4.39 Å². The Morgan fingerprint density at radius 3 is 2.45 bits per heavy atom. The molecule has 1 atom stereocenters. The fraction of sp³-hybridized carbons (Fsp3) is 0.231. The fourth-order valence-electron chi connectivity index (χ4n) is 2.96. The summed E-state index contributed by atoms with van der Waals surface area (Å²) >= 11 is 1.37. The van der Waals surface area contributed by atoms with Crippen LogP contribution in [0.2, 0.25) is 0 Å². The van der Waals surface area contributed by atoms with Crippen LogP contribution in [0.5, 0.6) is 5.75 Å². The lowest BCUT2D eigenvalue weighted by atomic mass is 10.2. The lowest BCUT2D eigenvalue weighted by Crippen LogP contribution is -2.22. The highest BCUT2D eigenvalue weighted by Crippen LogP contribution is 2.27. The zero-order valence-corrected chi connectivity index (χ0v) is 19.5. The van der Waals surface area contributed by atoms with Crippen LogP contribution in [0.15, 0.2) is 77.7 Å². The summed E-state index contributed by atoms with van der Waals surface area (Å²) in [4.78, 5) is 25.8. The van der Waals surface area contributed by atoms with E-state index in [9.17, 15) is 14.0 Å². The Kier molecular flexibility index (Phi) is 8.89. The van der Waals surface area contributed by atoms with Crippen molar-refractivity contribution in [1.29, 1.82) is 0 Å². The zero-order valence-electron chi connectivity index (χ0n) is 18.6. The molecule has 0 bridgehead atoms. The average Bonchev–Trinajstić information content (AvgIpc) is 2.81. The highest BCUT2D eigenvalue weighted by molar-refractivity contribution is 8.00. The minimum absolute atomic E-state index is 0.0231. The van der Waals surface area contributed by atoms with Crippen LogP contribution in [0.3, 0.4) is 0 Å². The van der Waals surface area contributed by atoms with Gasteiger partial charge in [0.25, 0.3) is 5.91 Å². The summed E-state index contributed by atoms with van der Waals surface area (Å²) in [6.45, 7) is 4.60. The van der Waals surface area contributed by atoms with Crippen molar-refractivity contribution in [2.75, 3.05) is 17.2 Å². The third-order valence-corrected chi connectivity index (χ3v) is 5.87. The molecule has 3 aromatic carbocycles. The quantitative estimate of drug-likeness (QED) is 0.269. The SMILES string of the molecule is CCCCOc1ccc(NC(=O)C(C)Sc2cccc(NC(=O)c3ccccc3F)c2)cc1. The van der Waals surface area contributed by atoms with Crippen molar-refractivity contribution in [3.05, 3.63) is 84.2 Å². The number of anilines is 2. The smallest absolute Gasteiger partial charge is 0.258 e. The van der Waals surface area contributed by atoms with Gasteiger partial charge in [-0.15, -0.1) is 11.8 Å². The Hall–Kier alpha value is -3.32. The summed E-state index contributed by atoms with van der Waals surface area (Å²) < 4.78 is 19.5. The number of rotatable bonds is 10. The number of unbranched alkanes of at least 4 members (excludes halogenated alkanes) is 1. The van der Waals surface area contributed by atoms with E-state index in [1.54, 1.807) is 24.3 Å². The maximum atomic E-state index is 13.8. The molecule has 0 aliphatic heterocycles. The van der Waals surface area contributed by atoms with Crippen LogP contribution in [0.1, 0.15) is 37.0 Å². The highest BCUT2D eigenvalue weighted by Gasteiger charge is 2.16. The van der Waals surface area contributed by atoms with E-state index in [1.165, 1.54) is 30.0 Å². The number of hydrogen-bond acceptors (Lipinski definition) is 4. The van der Waals surface area contributed by atoms with E-state index in [1.807, 2.05) is 37.3 Å². The Morgan fingerprint density at radius 1 is 0.970 bits per heavy atom. The van der Waals surface area contributed by atoms with Crippen molar-refractivity contribution in [2.24, 2.45) is 0 Å². The van der Waals surface area contributed by atoms with Gasteiger partial charge < -0.3 is 15.4 Å². The summed E-state index contributed by atoms with van der Waals surface area (Å²) in [6, 6.07) is 20.2. The summed E-state index contributed by atoms with van der Waals surface area (Å²) in [6.07, 6.45) is 2.08. The van der Waals surface area contributed by atoms with Gasteiger partial charge in [-0.2, -0.15) is 0 Å². The van der Waals surface area contributed by atoms with E-state index in [2.05, 4.69) is 17.6 Å². The predicted octanol–water partition coefficient (Wildman–Crippen LogP) is 6.38. The molecule has 0 heterocycles. The van der Waals surface area contributed by atoms with Gasteiger partial charge in [-0.1, -0.05) is 31.5 Å². The molecular weight excluding hydrogens is 439 g/mol. The molecule has 5 nitrogen and oxygen atoms in total. The van der Waals surface area contributed by atoms with Crippen LogP contribution in [-0.4, -0.2) is 23.7 Å². The van der Waals surface area contributed by atoms with Crippen LogP contribution >= 0.6 is 11.8 Å². The predicted molar refractivity (Wildman–Crippen MR) is 132 cm³/mol. The van der Waals surface area contributed by atoms with Gasteiger partial charge >= 0.3 is 0 Å². The molecule has 1 unspecified atom stereocenters. The summed E-state index contributed by atoms with van der Waals surface area (Å²) in [5.74, 6) is -0.465. The maximum Gasteiger partial charge on any atom is 0.258 e. The molecule has 0 saturated carbocycles. The van der Waals surface area contributed by atoms with Gasteiger partial charge in [-0.3, -0.25) is 9.59 Å². The largest absolute Gasteiger partial charge is 0.494 e. The number of nitrogens with one attached hydrogen (secondary N) is 2. The number of benzene rings is 3. The van der Waals surface area contributed by atoms with Gasteiger partial charge in [-0.05, 0) is 67.9 Å². The van der Waals surface area contributed by atoms with E-state index in [-0.39, 0.29) is 16.7 Å². The third kappa shape index (κ3) is 7.36. The van der Waals surface area contributed by atoms with E-state index < -0.39 is 11.7 Å². The van der Waals surface area contributed by atoms with E-state index >= 15 is 0 Å². The first-order valence-corrected chi connectivity index (χ1v) is 11.7. The number of carbonyl (C=O) groups is 2. The van der Waals surface area contributed by atoms with E-state index in [4.69, 9.17) is 4.74 Å². The van der Waals surface area contributed by atoms with Gasteiger partial charge in [0.1, 0.15) is 11.6 Å². The minimum Gasteiger partial charge on any atom is -0.494 e. The van der Waals surface area contributed by atoms with Crippen molar-refractivity contribution < 1.29 is 18.7 Å². The molecule has 0 fully saturated rings. The van der Waals surface area contributed by atoms with Gasteiger partial charge in [0.15, 0.2) is 0 Å². The average molecular weight is 467 g/mol. The Morgan fingerprint density at radius 2 is 1.73 bits per heavy atom. The first-order valence-electron chi connectivity index (χ1n) is 10.8. The minimum atomic E-state index is -0.577. The summed E-state index contributed by atoms with van der Waals surface area (Å²) in [5, 5.41) is 5.23. The molecule has 0 aliphatic carbocycles. The third-order valence-electron chi connectivity index (χ3n) is 4.78. The molecule has 0 aliphatic rings.